The zero-order valence-corrected chi connectivity index (χ0v) is 18.2. The third-order valence-corrected chi connectivity index (χ3v) is 6.49. The Kier molecular flexibility index (Phi) is 6.68. The molecule has 0 aliphatic rings. The lowest BCUT2D eigenvalue weighted by atomic mass is 10.1. The summed E-state index contributed by atoms with van der Waals surface area (Å²) in [6.45, 7) is 5.97. The van der Waals surface area contributed by atoms with Crippen LogP contribution in [0, 0.1) is 20.8 Å². The fourth-order valence-electron chi connectivity index (χ4n) is 3.44. The minimum absolute atomic E-state index is 0.0537. The minimum atomic E-state index is -3.58. The van der Waals surface area contributed by atoms with Crippen LogP contribution in [-0.4, -0.2) is 48.1 Å². The summed E-state index contributed by atoms with van der Waals surface area (Å²) in [5.41, 5.74) is 4.80. The Morgan fingerprint density at radius 3 is 1.89 bits per heavy atom. The van der Waals surface area contributed by atoms with Crippen molar-refractivity contribution in [3.05, 3.63) is 58.7 Å². The van der Waals surface area contributed by atoms with Gasteiger partial charge in [0.05, 0.1) is 4.90 Å². The maximum atomic E-state index is 13.0. The van der Waals surface area contributed by atoms with Crippen LogP contribution in [0.15, 0.2) is 41.3 Å². The lowest BCUT2D eigenvalue weighted by Crippen LogP contribution is -2.35. The van der Waals surface area contributed by atoms with E-state index in [4.69, 9.17) is 0 Å². The molecule has 0 aliphatic heterocycles. The number of rotatable bonds is 7. The summed E-state index contributed by atoms with van der Waals surface area (Å²) in [6, 6.07) is 12.0. The van der Waals surface area contributed by atoms with Crippen LogP contribution in [0.1, 0.15) is 28.3 Å². The quantitative estimate of drug-likeness (QED) is 0.790. The van der Waals surface area contributed by atoms with Gasteiger partial charge in [-0.1, -0.05) is 29.8 Å². The van der Waals surface area contributed by atoms with Crippen molar-refractivity contribution in [3.63, 3.8) is 0 Å². The molecular formula is C21H31N3O2S. The van der Waals surface area contributed by atoms with Gasteiger partial charge in [0.15, 0.2) is 0 Å². The first-order chi connectivity index (χ1) is 12.5. The second-order valence-corrected chi connectivity index (χ2v) is 9.25. The van der Waals surface area contributed by atoms with Crippen molar-refractivity contribution in [1.29, 1.82) is 0 Å². The molecular weight excluding hydrogens is 358 g/mol. The van der Waals surface area contributed by atoms with Crippen molar-refractivity contribution >= 4 is 15.7 Å². The van der Waals surface area contributed by atoms with E-state index < -0.39 is 10.0 Å². The first-order valence-corrected chi connectivity index (χ1v) is 10.5. The molecule has 0 unspecified atom stereocenters. The van der Waals surface area contributed by atoms with Gasteiger partial charge in [0.2, 0.25) is 10.0 Å². The fraction of sp³-hybridized carbons (Fsp3) is 0.429. The zero-order valence-electron chi connectivity index (χ0n) is 17.4. The third kappa shape index (κ3) is 5.09. The molecule has 0 aliphatic carbocycles. The van der Waals surface area contributed by atoms with E-state index in [1.165, 1.54) is 0 Å². The van der Waals surface area contributed by atoms with Gasteiger partial charge in [-0.25, -0.2) is 13.1 Å². The molecule has 2 rings (SSSR count). The number of hydrogen-bond donors (Lipinski definition) is 1. The van der Waals surface area contributed by atoms with Gasteiger partial charge in [-0.2, -0.15) is 0 Å². The van der Waals surface area contributed by atoms with Crippen molar-refractivity contribution in [2.45, 2.75) is 31.7 Å². The topological polar surface area (TPSA) is 52.7 Å². The highest BCUT2D eigenvalue weighted by molar-refractivity contribution is 7.89. The summed E-state index contributed by atoms with van der Waals surface area (Å²) in [7, 11) is 4.34. The molecule has 0 fully saturated rings. The van der Waals surface area contributed by atoms with Gasteiger partial charge in [0, 0.05) is 32.4 Å². The largest absolute Gasteiger partial charge is 0.378 e. The Bertz CT molecular complexity index is 865. The van der Waals surface area contributed by atoms with Gasteiger partial charge < -0.3 is 9.80 Å². The highest BCUT2D eigenvalue weighted by Crippen LogP contribution is 2.24. The van der Waals surface area contributed by atoms with Crippen LogP contribution in [0.25, 0.3) is 0 Å². The van der Waals surface area contributed by atoms with Crippen molar-refractivity contribution < 1.29 is 8.42 Å². The van der Waals surface area contributed by atoms with Gasteiger partial charge in [0.1, 0.15) is 0 Å². The summed E-state index contributed by atoms with van der Waals surface area (Å²) in [5.74, 6) is 0. The second-order valence-electron chi connectivity index (χ2n) is 7.55. The van der Waals surface area contributed by atoms with Crippen LogP contribution in [-0.2, 0) is 10.0 Å². The molecule has 6 heteroatoms. The highest BCUT2D eigenvalue weighted by atomic mass is 32.2. The van der Waals surface area contributed by atoms with Gasteiger partial charge in [-0.15, -0.1) is 0 Å². The predicted molar refractivity (Wildman–Crippen MR) is 113 cm³/mol. The van der Waals surface area contributed by atoms with Crippen molar-refractivity contribution in [2.75, 3.05) is 39.6 Å². The van der Waals surface area contributed by atoms with Crippen LogP contribution in [0.4, 0.5) is 5.69 Å². The van der Waals surface area contributed by atoms with E-state index in [0.717, 1.165) is 27.9 Å². The van der Waals surface area contributed by atoms with Crippen LogP contribution in [0.2, 0.25) is 0 Å². The summed E-state index contributed by atoms with van der Waals surface area (Å²) in [6.07, 6.45) is 0. The van der Waals surface area contributed by atoms with Gasteiger partial charge >= 0.3 is 0 Å². The minimum Gasteiger partial charge on any atom is -0.378 e. The summed E-state index contributed by atoms with van der Waals surface area (Å²) in [4.78, 5) is 4.45. The lowest BCUT2D eigenvalue weighted by Gasteiger charge is -2.26. The van der Waals surface area contributed by atoms with Crippen LogP contribution in [0.3, 0.4) is 0 Å². The summed E-state index contributed by atoms with van der Waals surface area (Å²) < 4.78 is 28.7. The number of nitrogens with zero attached hydrogens (tertiary/aromatic N) is 2. The van der Waals surface area contributed by atoms with Crippen LogP contribution in [0.5, 0.6) is 0 Å². The highest BCUT2D eigenvalue weighted by Gasteiger charge is 2.23. The SMILES string of the molecule is Cc1cc(C)c(S(=O)(=O)NC[C@H](c2ccc(N(C)C)cc2)N(C)C)c(C)c1. The predicted octanol–water partition coefficient (Wildman–Crippen LogP) is 3.26. The molecule has 0 saturated heterocycles. The molecule has 0 aromatic heterocycles. The molecule has 2 aromatic carbocycles. The van der Waals surface area contributed by atoms with E-state index in [9.17, 15) is 8.42 Å². The first-order valence-electron chi connectivity index (χ1n) is 9.04. The molecule has 5 nitrogen and oxygen atoms in total. The first kappa shape index (κ1) is 21.4. The van der Waals surface area contributed by atoms with Crippen molar-refractivity contribution in [3.8, 4) is 0 Å². The summed E-state index contributed by atoms with van der Waals surface area (Å²) >= 11 is 0. The molecule has 0 spiro atoms. The molecule has 0 radical (unpaired) electrons. The van der Waals surface area contributed by atoms with Crippen molar-refractivity contribution in [1.82, 2.24) is 9.62 Å². The number of sulfonamides is 1. The maximum absolute atomic E-state index is 13.0. The van der Waals surface area contributed by atoms with E-state index in [1.54, 1.807) is 0 Å². The zero-order chi connectivity index (χ0) is 20.4. The molecule has 0 saturated carbocycles. The van der Waals surface area contributed by atoms with E-state index >= 15 is 0 Å². The second kappa shape index (κ2) is 8.42. The summed E-state index contributed by atoms with van der Waals surface area (Å²) in [5, 5.41) is 0. The van der Waals surface area contributed by atoms with E-state index in [2.05, 4.69) is 29.0 Å². The molecule has 1 N–H and O–H groups in total. The number of anilines is 1. The Balaban J connectivity index is 2.25. The normalized spacial score (nSPS) is 13.0. The number of likely N-dealkylation sites (N-methyl/N-ethyl adjacent to an activating group) is 1. The van der Waals surface area contributed by atoms with Gasteiger partial charge in [-0.05, 0) is 63.7 Å². The average Bonchev–Trinajstić information content (AvgIpc) is 2.53. The number of aryl methyl sites for hydroxylation is 3. The number of hydrogen-bond acceptors (Lipinski definition) is 4. The lowest BCUT2D eigenvalue weighted by molar-refractivity contribution is 0.299. The van der Waals surface area contributed by atoms with E-state index in [-0.39, 0.29) is 6.04 Å². The molecule has 0 bridgehead atoms. The van der Waals surface area contributed by atoms with Crippen LogP contribution < -0.4 is 9.62 Å². The Hall–Kier alpha value is -1.89. The standard InChI is InChI=1S/C21H31N3O2S/c1-15-12-16(2)21(17(3)13-15)27(25,26)22-14-20(24(6)7)18-8-10-19(11-9-18)23(4)5/h8-13,20,22H,14H2,1-7H3/t20-/m1/s1. The molecule has 0 amide bonds. The molecule has 27 heavy (non-hydrogen) atoms. The Morgan fingerprint density at radius 2 is 1.44 bits per heavy atom. The van der Waals surface area contributed by atoms with Crippen molar-refractivity contribution in [2.24, 2.45) is 0 Å². The van der Waals surface area contributed by atoms with E-state index in [1.807, 2.05) is 70.9 Å². The molecule has 148 valence electrons. The number of benzene rings is 2. The molecule has 1 atom stereocenters. The third-order valence-electron chi connectivity index (χ3n) is 4.76. The molecule has 0 heterocycles. The fourth-order valence-corrected chi connectivity index (χ4v) is 4.93. The average molecular weight is 390 g/mol. The maximum Gasteiger partial charge on any atom is 0.241 e. The Morgan fingerprint density at radius 1 is 0.926 bits per heavy atom. The number of nitrogens with one attached hydrogen (secondary N) is 1. The smallest absolute Gasteiger partial charge is 0.241 e. The molecule has 2 aromatic rings. The van der Waals surface area contributed by atoms with Crippen LogP contribution >= 0.6 is 0 Å². The monoisotopic (exact) mass is 389 g/mol. The van der Waals surface area contributed by atoms with Gasteiger partial charge in [-0.3, -0.25) is 0 Å². The van der Waals surface area contributed by atoms with E-state index in [0.29, 0.717) is 11.4 Å². The Labute approximate surface area is 164 Å². The van der Waals surface area contributed by atoms with Gasteiger partial charge in [0.25, 0.3) is 0 Å².